The lowest BCUT2D eigenvalue weighted by molar-refractivity contribution is -0.133. The number of nitrogens with one attached hydrogen (secondary N) is 2. The average Bonchev–Trinajstić information content (AvgIpc) is 2.92. The van der Waals surface area contributed by atoms with Gasteiger partial charge in [-0.3, -0.25) is 24.1 Å². The highest BCUT2D eigenvalue weighted by molar-refractivity contribution is 6.30. The Labute approximate surface area is 181 Å². The molecule has 6 amide bonds. The first kappa shape index (κ1) is 21.8. The molecule has 0 aromatic heterocycles. The molecule has 0 saturated carbocycles. The number of anilines is 1. The molecule has 6 N–H and O–H groups in total. The van der Waals surface area contributed by atoms with Crippen LogP contribution in [0.25, 0.3) is 0 Å². The Morgan fingerprint density at radius 2 is 1.58 bits per heavy atom. The summed E-state index contributed by atoms with van der Waals surface area (Å²) in [6, 6.07) is 9.30. The molecule has 0 unspecified atom stereocenters. The Balaban J connectivity index is 1.79. The van der Waals surface area contributed by atoms with E-state index in [2.05, 4.69) is 10.6 Å². The summed E-state index contributed by atoms with van der Waals surface area (Å²) < 4.78 is 0. The molecule has 1 aliphatic heterocycles. The third-order valence-corrected chi connectivity index (χ3v) is 5.04. The van der Waals surface area contributed by atoms with Crippen molar-refractivity contribution in [3.8, 4) is 0 Å². The van der Waals surface area contributed by atoms with Gasteiger partial charge in [0.15, 0.2) is 0 Å². The number of rotatable bonds is 6. The molecule has 2 aromatic carbocycles. The highest BCUT2D eigenvalue weighted by Gasteiger charge is 2.49. The van der Waals surface area contributed by atoms with E-state index in [0.717, 1.165) is 4.90 Å². The highest BCUT2D eigenvalue weighted by Crippen LogP contribution is 2.29. The van der Waals surface area contributed by atoms with Gasteiger partial charge in [0.05, 0.1) is 0 Å². The molecule has 10 nitrogen and oxygen atoms in total. The molecule has 2 aromatic rings. The van der Waals surface area contributed by atoms with Crippen molar-refractivity contribution in [1.82, 2.24) is 10.2 Å². The zero-order valence-corrected chi connectivity index (χ0v) is 17.0. The third kappa shape index (κ3) is 4.33. The van der Waals surface area contributed by atoms with Crippen molar-refractivity contribution in [2.45, 2.75) is 12.5 Å². The largest absolute Gasteiger partial charge is 0.366 e. The smallest absolute Gasteiger partial charge is 0.325 e. The van der Waals surface area contributed by atoms with E-state index >= 15 is 0 Å². The Bertz CT molecular complexity index is 1090. The van der Waals surface area contributed by atoms with Crippen LogP contribution in [0, 0.1) is 0 Å². The Morgan fingerprint density at radius 1 is 1.03 bits per heavy atom. The Kier molecular flexibility index (Phi) is 5.67. The predicted molar refractivity (Wildman–Crippen MR) is 111 cm³/mol. The minimum atomic E-state index is -1.37. The molecule has 31 heavy (non-hydrogen) atoms. The number of primary amides is 2. The van der Waals surface area contributed by atoms with Crippen molar-refractivity contribution in [2.75, 3.05) is 11.9 Å². The zero-order chi connectivity index (χ0) is 22.9. The molecule has 0 spiro atoms. The molecule has 1 saturated heterocycles. The zero-order valence-electron chi connectivity index (χ0n) is 16.3. The molecule has 11 heteroatoms. The monoisotopic (exact) mass is 443 g/mol. The minimum absolute atomic E-state index is 0.0445. The summed E-state index contributed by atoms with van der Waals surface area (Å²) in [4.78, 5) is 61.4. The molecule has 0 radical (unpaired) electrons. The molecule has 1 heterocycles. The van der Waals surface area contributed by atoms with E-state index < -0.39 is 41.7 Å². The number of carbonyl (C=O) groups excluding carboxylic acids is 5. The van der Waals surface area contributed by atoms with Crippen molar-refractivity contribution in [3.05, 3.63) is 64.2 Å². The van der Waals surface area contributed by atoms with Crippen molar-refractivity contribution < 1.29 is 24.0 Å². The lowest BCUT2D eigenvalue weighted by atomic mass is 9.92. The lowest BCUT2D eigenvalue weighted by Gasteiger charge is -2.22. The number of halogens is 1. The maximum Gasteiger partial charge on any atom is 0.325 e. The number of benzene rings is 2. The topological polar surface area (TPSA) is 165 Å². The lowest BCUT2D eigenvalue weighted by Crippen LogP contribution is -2.42. The molecule has 1 atom stereocenters. The van der Waals surface area contributed by atoms with Crippen LogP contribution in [-0.4, -0.2) is 41.1 Å². The van der Waals surface area contributed by atoms with E-state index in [9.17, 15) is 24.0 Å². The van der Waals surface area contributed by atoms with Gasteiger partial charge in [0.2, 0.25) is 17.7 Å². The van der Waals surface area contributed by atoms with Gasteiger partial charge in [0, 0.05) is 21.8 Å². The summed E-state index contributed by atoms with van der Waals surface area (Å²) >= 11 is 5.87. The molecule has 1 fully saturated rings. The SMILES string of the molecule is C[C@]1(c2ccc(Cl)cc2)NC(=O)N(CC(=O)Nc2cc(C(N)=O)cc(C(N)=O)c2)C1=O. The second-order valence-corrected chi connectivity index (χ2v) is 7.47. The number of urea groups is 1. The fraction of sp³-hybridized carbons (Fsp3) is 0.150. The van der Waals surface area contributed by atoms with Crippen LogP contribution in [0.4, 0.5) is 10.5 Å². The first-order valence-corrected chi connectivity index (χ1v) is 9.34. The van der Waals surface area contributed by atoms with Crippen LogP contribution < -0.4 is 22.1 Å². The number of hydrogen-bond acceptors (Lipinski definition) is 5. The second kappa shape index (κ2) is 8.07. The van der Waals surface area contributed by atoms with E-state index in [1.54, 1.807) is 24.3 Å². The van der Waals surface area contributed by atoms with E-state index in [0.29, 0.717) is 10.6 Å². The number of amides is 6. The maximum atomic E-state index is 12.9. The molecule has 1 aliphatic rings. The van der Waals surface area contributed by atoms with Crippen LogP contribution in [0.5, 0.6) is 0 Å². The summed E-state index contributed by atoms with van der Waals surface area (Å²) in [5.41, 5.74) is 9.55. The van der Waals surface area contributed by atoms with Crippen molar-refractivity contribution in [3.63, 3.8) is 0 Å². The van der Waals surface area contributed by atoms with Gasteiger partial charge in [-0.25, -0.2) is 4.79 Å². The van der Waals surface area contributed by atoms with Crippen LogP contribution in [0.1, 0.15) is 33.2 Å². The number of hydrogen-bond donors (Lipinski definition) is 4. The summed E-state index contributed by atoms with van der Waals surface area (Å²) in [5, 5.41) is 5.47. The van der Waals surface area contributed by atoms with Crippen LogP contribution in [0.15, 0.2) is 42.5 Å². The van der Waals surface area contributed by atoms with Gasteiger partial charge >= 0.3 is 6.03 Å². The van der Waals surface area contributed by atoms with Crippen molar-refractivity contribution >= 4 is 46.9 Å². The van der Waals surface area contributed by atoms with Gasteiger partial charge < -0.3 is 22.1 Å². The van der Waals surface area contributed by atoms with E-state index in [-0.39, 0.29) is 16.8 Å². The van der Waals surface area contributed by atoms with Crippen LogP contribution in [0.2, 0.25) is 5.02 Å². The molecular weight excluding hydrogens is 426 g/mol. The van der Waals surface area contributed by atoms with Gasteiger partial charge in [-0.05, 0) is 42.8 Å². The van der Waals surface area contributed by atoms with Crippen molar-refractivity contribution in [1.29, 1.82) is 0 Å². The predicted octanol–water partition coefficient (Wildman–Crippen LogP) is 0.943. The Morgan fingerprint density at radius 3 is 2.10 bits per heavy atom. The number of carbonyl (C=O) groups is 5. The Hall–Kier alpha value is -3.92. The van der Waals surface area contributed by atoms with Crippen LogP contribution >= 0.6 is 11.6 Å². The maximum absolute atomic E-state index is 12.9. The molecule has 160 valence electrons. The van der Waals surface area contributed by atoms with Gasteiger partial charge in [-0.1, -0.05) is 23.7 Å². The number of imide groups is 1. The average molecular weight is 444 g/mol. The van der Waals surface area contributed by atoms with Gasteiger partial charge in [-0.15, -0.1) is 0 Å². The third-order valence-electron chi connectivity index (χ3n) is 4.78. The van der Waals surface area contributed by atoms with Crippen LogP contribution in [-0.2, 0) is 15.1 Å². The first-order valence-electron chi connectivity index (χ1n) is 8.96. The van der Waals surface area contributed by atoms with Gasteiger partial charge in [-0.2, -0.15) is 0 Å². The fourth-order valence-electron chi connectivity index (χ4n) is 3.15. The summed E-state index contributed by atoms with van der Waals surface area (Å²) in [5.74, 6) is -3.02. The van der Waals surface area contributed by atoms with E-state index in [1.165, 1.54) is 25.1 Å². The van der Waals surface area contributed by atoms with Gasteiger partial charge in [0.1, 0.15) is 12.1 Å². The summed E-state index contributed by atoms with van der Waals surface area (Å²) in [6.07, 6.45) is 0. The van der Waals surface area contributed by atoms with Crippen molar-refractivity contribution in [2.24, 2.45) is 11.5 Å². The first-order chi connectivity index (χ1) is 14.5. The summed E-state index contributed by atoms with van der Waals surface area (Å²) in [7, 11) is 0. The quantitative estimate of drug-likeness (QED) is 0.487. The number of nitrogens with two attached hydrogens (primary N) is 2. The van der Waals surface area contributed by atoms with E-state index in [1.807, 2.05) is 0 Å². The molecular formula is C20H18ClN5O5. The van der Waals surface area contributed by atoms with Gasteiger partial charge in [0.25, 0.3) is 5.91 Å². The molecule has 3 rings (SSSR count). The standard InChI is InChI=1S/C20H18ClN5O5/c1-20(12-2-4-13(21)5-3-12)18(30)26(19(31)25-20)9-15(27)24-14-7-10(16(22)28)6-11(8-14)17(23)29/h2-8H,9H2,1H3,(H2,22,28)(H2,23,29)(H,24,27)(H,25,31)/t20-/m1/s1. The number of nitrogens with zero attached hydrogens (tertiary/aromatic N) is 1. The molecule has 0 aliphatic carbocycles. The second-order valence-electron chi connectivity index (χ2n) is 7.03. The minimum Gasteiger partial charge on any atom is -0.366 e. The fourth-order valence-corrected chi connectivity index (χ4v) is 3.27. The van der Waals surface area contributed by atoms with Crippen LogP contribution in [0.3, 0.4) is 0 Å². The summed E-state index contributed by atoms with van der Waals surface area (Å²) in [6.45, 7) is 0.921. The normalized spacial score (nSPS) is 17.9. The molecule has 0 bridgehead atoms. The van der Waals surface area contributed by atoms with E-state index in [4.69, 9.17) is 23.1 Å². The highest BCUT2D eigenvalue weighted by atomic mass is 35.5.